The molecule has 1 saturated heterocycles. The number of imide groups is 1. The Morgan fingerprint density at radius 3 is 2.50 bits per heavy atom. The number of hydrogen-bond donors (Lipinski definition) is 3. The quantitative estimate of drug-likeness (QED) is 0.781. The van der Waals surface area contributed by atoms with Gasteiger partial charge in [-0.1, -0.05) is 26.0 Å². The zero-order valence-corrected chi connectivity index (χ0v) is 13.0. The van der Waals surface area contributed by atoms with E-state index >= 15 is 0 Å². The predicted octanol–water partition coefficient (Wildman–Crippen LogP) is 1.03. The van der Waals surface area contributed by atoms with Gasteiger partial charge in [0.2, 0.25) is 0 Å². The number of carbonyl (C=O) groups excluding carboxylic acids is 2. The summed E-state index contributed by atoms with van der Waals surface area (Å²) in [6, 6.07) is 5.14. The lowest BCUT2D eigenvalue weighted by atomic mass is 9.92. The van der Waals surface area contributed by atoms with Gasteiger partial charge in [-0.25, -0.2) is 9.18 Å². The normalized spacial score (nSPS) is 24.6. The maximum absolute atomic E-state index is 13.4. The van der Waals surface area contributed by atoms with Crippen molar-refractivity contribution >= 4 is 17.6 Å². The van der Waals surface area contributed by atoms with Crippen molar-refractivity contribution in [1.82, 2.24) is 5.32 Å². The summed E-state index contributed by atoms with van der Waals surface area (Å²) < 4.78 is 13.4. The third-order valence-corrected chi connectivity index (χ3v) is 3.86. The number of anilines is 1. The molecule has 3 N–H and O–H groups in total. The fourth-order valence-electron chi connectivity index (χ4n) is 3.18. The Kier molecular flexibility index (Phi) is 5.49. The van der Waals surface area contributed by atoms with Gasteiger partial charge in [-0.05, 0) is 18.6 Å². The summed E-state index contributed by atoms with van der Waals surface area (Å²) in [5, 5.41) is 4.60. The van der Waals surface area contributed by atoms with Crippen LogP contribution in [0.5, 0.6) is 0 Å². The first-order chi connectivity index (χ1) is 10.4. The number of para-hydroxylation sites is 1. The Labute approximate surface area is 129 Å². The molecule has 0 spiro atoms. The molecule has 3 amide bonds. The van der Waals surface area contributed by atoms with Crippen LogP contribution in [-0.2, 0) is 4.79 Å². The zero-order chi connectivity index (χ0) is 16.1. The summed E-state index contributed by atoms with van der Waals surface area (Å²) in [5.74, 6) is 0.289. The van der Waals surface area contributed by atoms with Gasteiger partial charge in [0.1, 0.15) is 5.82 Å². The molecule has 22 heavy (non-hydrogen) atoms. The van der Waals surface area contributed by atoms with Crippen molar-refractivity contribution in [3.63, 3.8) is 0 Å². The maximum atomic E-state index is 13.4. The third kappa shape index (κ3) is 4.80. The molecule has 0 bridgehead atoms. The van der Waals surface area contributed by atoms with Crippen LogP contribution in [0.1, 0.15) is 20.3 Å². The lowest BCUT2D eigenvalue weighted by Gasteiger charge is -2.31. The minimum atomic E-state index is -0.701. The molecule has 1 aromatic carbocycles. The van der Waals surface area contributed by atoms with E-state index < -0.39 is 11.8 Å². The van der Waals surface area contributed by atoms with E-state index in [1.807, 2.05) is 0 Å². The van der Waals surface area contributed by atoms with Crippen LogP contribution in [0.4, 0.5) is 14.9 Å². The van der Waals surface area contributed by atoms with Crippen LogP contribution in [0.25, 0.3) is 0 Å². The number of carbonyl (C=O) groups is 2. The SMILES string of the molecule is C[C@@H]1C[C@@H](C)C[NH+](CC(=O)NC(=O)Nc2ccccc2F)C1. The topological polar surface area (TPSA) is 62.6 Å². The van der Waals surface area contributed by atoms with Gasteiger partial charge < -0.3 is 10.2 Å². The summed E-state index contributed by atoms with van der Waals surface area (Å²) in [7, 11) is 0. The van der Waals surface area contributed by atoms with E-state index in [0.717, 1.165) is 13.1 Å². The van der Waals surface area contributed by atoms with E-state index in [1.54, 1.807) is 6.07 Å². The van der Waals surface area contributed by atoms with Gasteiger partial charge in [0.05, 0.1) is 18.8 Å². The molecule has 0 aromatic heterocycles. The lowest BCUT2D eigenvalue weighted by Crippen LogP contribution is -3.15. The summed E-state index contributed by atoms with van der Waals surface area (Å²) in [6.07, 6.45) is 1.18. The molecule has 0 radical (unpaired) electrons. The second-order valence-corrected chi connectivity index (χ2v) is 6.26. The molecule has 1 aliphatic heterocycles. The predicted molar refractivity (Wildman–Crippen MR) is 82.1 cm³/mol. The van der Waals surface area contributed by atoms with E-state index in [2.05, 4.69) is 24.5 Å². The molecule has 5 nitrogen and oxygen atoms in total. The van der Waals surface area contributed by atoms with Crippen molar-refractivity contribution in [2.45, 2.75) is 20.3 Å². The molecule has 1 aromatic rings. The number of benzene rings is 1. The smallest absolute Gasteiger partial charge is 0.326 e. The molecule has 2 atom stereocenters. The Bertz CT molecular complexity index is 540. The summed E-state index contributed by atoms with van der Waals surface area (Å²) in [6.45, 7) is 6.50. The standard InChI is InChI=1S/C16H22FN3O2/c1-11-7-12(2)9-20(8-11)10-15(21)19-16(22)18-14-6-4-3-5-13(14)17/h3-6,11-12H,7-10H2,1-2H3,(H2,18,19,21,22)/p+1/t11-,12-/m1/s1. The Morgan fingerprint density at radius 1 is 1.23 bits per heavy atom. The van der Waals surface area contributed by atoms with E-state index in [-0.39, 0.29) is 18.1 Å². The van der Waals surface area contributed by atoms with Gasteiger partial charge in [0.15, 0.2) is 6.54 Å². The highest BCUT2D eigenvalue weighted by atomic mass is 19.1. The Hall–Kier alpha value is -1.95. The number of amides is 3. The van der Waals surface area contributed by atoms with Gasteiger partial charge in [-0.15, -0.1) is 0 Å². The van der Waals surface area contributed by atoms with Gasteiger partial charge in [-0.2, -0.15) is 0 Å². The van der Waals surface area contributed by atoms with Crippen molar-refractivity contribution in [3.05, 3.63) is 30.1 Å². The fourth-order valence-corrected chi connectivity index (χ4v) is 3.18. The van der Waals surface area contributed by atoms with Gasteiger partial charge in [-0.3, -0.25) is 10.1 Å². The lowest BCUT2D eigenvalue weighted by molar-refractivity contribution is -0.904. The molecule has 6 heteroatoms. The van der Waals surface area contributed by atoms with Crippen molar-refractivity contribution < 1.29 is 18.9 Å². The minimum Gasteiger partial charge on any atom is -0.327 e. The van der Waals surface area contributed by atoms with E-state index in [1.165, 1.54) is 29.5 Å². The van der Waals surface area contributed by atoms with Crippen molar-refractivity contribution in [2.24, 2.45) is 11.8 Å². The van der Waals surface area contributed by atoms with Crippen LogP contribution in [-0.4, -0.2) is 31.6 Å². The average molecular weight is 308 g/mol. The number of likely N-dealkylation sites (tertiary alicyclic amines) is 1. The first kappa shape index (κ1) is 16.4. The second-order valence-electron chi connectivity index (χ2n) is 6.26. The van der Waals surface area contributed by atoms with Crippen LogP contribution in [0.3, 0.4) is 0 Å². The van der Waals surface area contributed by atoms with Crippen molar-refractivity contribution in [3.8, 4) is 0 Å². The highest BCUT2D eigenvalue weighted by molar-refractivity contribution is 6.01. The molecule has 120 valence electrons. The highest BCUT2D eigenvalue weighted by Gasteiger charge is 2.27. The van der Waals surface area contributed by atoms with Crippen molar-refractivity contribution in [2.75, 3.05) is 25.0 Å². The third-order valence-electron chi connectivity index (χ3n) is 3.86. The summed E-state index contributed by atoms with van der Waals surface area (Å²) in [4.78, 5) is 24.8. The molecule has 0 saturated carbocycles. The number of rotatable bonds is 3. The molecule has 0 aliphatic carbocycles. The van der Waals surface area contributed by atoms with E-state index in [0.29, 0.717) is 11.8 Å². The van der Waals surface area contributed by atoms with Crippen LogP contribution in [0.15, 0.2) is 24.3 Å². The number of quaternary nitrogens is 1. The Morgan fingerprint density at radius 2 is 1.86 bits per heavy atom. The summed E-state index contributed by atoms with van der Waals surface area (Å²) >= 11 is 0. The highest BCUT2D eigenvalue weighted by Crippen LogP contribution is 2.12. The number of urea groups is 1. The van der Waals surface area contributed by atoms with E-state index in [9.17, 15) is 14.0 Å². The van der Waals surface area contributed by atoms with Crippen LogP contribution in [0, 0.1) is 17.7 Å². The first-order valence-electron chi connectivity index (χ1n) is 7.63. The van der Waals surface area contributed by atoms with Crippen molar-refractivity contribution in [1.29, 1.82) is 0 Å². The van der Waals surface area contributed by atoms with Crippen LogP contribution in [0.2, 0.25) is 0 Å². The number of nitrogens with one attached hydrogen (secondary N) is 3. The molecule has 1 aliphatic rings. The average Bonchev–Trinajstić information content (AvgIpc) is 2.39. The van der Waals surface area contributed by atoms with E-state index in [4.69, 9.17) is 0 Å². The monoisotopic (exact) mass is 308 g/mol. The number of piperidine rings is 1. The van der Waals surface area contributed by atoms with Gasteiger partial charge in [0.25, 0.3) is 5.91 Å². The van der Waals surface area contributed by atoms with Gasteiger partial charge in [0, 0.05) is 11.8 Å². The number of hydrogen-bond acceptors (Lipinski definition) is 2. The summed E-state index contributed by atoms with van der Waals surface area (Å²) in [5.41, 5.74) is 0.0559. The van der Waals surface area contributed by atoms with Crippen LogP contribution < -0.4 is 15.5 Å². The molecule has 2 rings (SSSR count). The number of halogens is 1. The Balaban J connectivity index is 1.81. The minimum absolute atomic E-state index is 0.0559. The molecule has 0 unspecified atom stereocenters. The first-order valence-corrected chi connectivity index (χ1v) is 7.63. The molecular weight excluding hydrogens is 285 g/mol. The zero-order valence-electron chi connectivity index (χ0n) is 13.0. The molecular formula is C16H23FN3O2+. The van der Waals surface area contributed by atoms with Gasteiger partial charge >= 0.3 is 6.03 Å². The second kappa shape index (κ2) is 7.35. The largest absolute Gasteiger partial charge is 0.327 e. The fraction of sp³-hybridized carbons (Fsp3) is 0.500. The molecule has 1 heterocycles. The molecule has 1 fully saturated rings. The maximum Gasteiger partial charge on any atom is 0.326 e. The van der Waals surface area contributed by atoms with Crippen LogP contribution >= 0.6 is 0 Å².